The Hall–Kier alpha value is -3.53. The molecule has 1 N–H and O–H groups in total. The minimum absolute atomic E-state index is 0.171. The smallest absolute Gasteiger partial charge is 0.289 e. The first-order chi connectivity index (χ1) is 14.0. The fourth-order valence-corrected chi connectivity index (χ4v) is 3.60. The van der Waals surface area contributed by atoms with E-state index in [1.165, 1.54) is 4.90 Å². The third-order valence-electron chi connectivity index (χ3n) is 4.34. The second kappa shape index (κ2) is 7.84. The van der Waals surface area contributed by atoms with Crippen LogP contribution in [-0.2, 0) is 22.7 Å². The molecule has 29 heavy (non-hydrogen) atoms. The number of nitrogens with zero attached hydrogens (tertiary/aromatic N) is 4. The summed E-state index contributed by atoms with van der Waals surface area (Å²) in [5, 5.41) is 10.6. The number of thioether (sulfide) groups is 1. The van der Waals surface area contributed by atoms with Gasteiger partial charge >= 0.3 is 0 Å². The first-order valence-corrected chi connectivity index (χ1v) is 9.68. The molecule has 1 saturated heterocycles. The van der Waals surface area contributed by atoms with E-state index in [4.69, 9.17) is 0 Å². The summed E-state index contributed by atoms with van der Waals surface area (Å²) in [5.74, 6) is -0.464. The van der Waals surface area contributed by atoms with Gasteiger partial charge in [0.1, 0.15) is 12.1 Å². The predicted molar refractivity (Wildman–Crippen MR) is 107 cm³/mol. The van der Waals surface area contributed by atoms with E-state index in [0.29, 0.717) is 16.6 Å². The Labute approximate surface area is 168 Å². The van der Waals surface area contributed by atoms with Gasteiger partial charge in [0.2, 0.25) is 11.8 Å². The Morgan fingerprint density at radius 1 is 1.07 bits per heavy atom. The van der Waals surface area contributed by atoms with Crippen LogP contribution in [0, 0.1) is 0 Å². The molecule has 4 rings (SSSR count). The lowest BCUT2D eigenvalue weighted by atomic mass is 10.2. The highest BCUT2D eigenvalue weighted by Gasteiger charge is 2.29. The van der Waals surface area contributed by atoms with Gasteiger partial charge in [0.05, 0.1) is 17.7 Å². The molecule has 1 fully saturated rings. The van der Waals surface area contributed by atoms with Crippen LogP contribution in [0.25, 0.3) is 10.9 Å². The topological polar surface area (TPSA) is 114 Å². The van der Waals surface area contributed by atoms with E-state index in [-0.39, 0.29) is 35.5 Å². The molecule has 3 amide bonds. The zero-order valence-corrected chi connectivity index (χ0v) is 15.9. The molecule has 0 saturated carbocycles. The SMILES string of the molecule is O=C(Cn1nnc2ccccc2c1=O)Nc1ccc(CN2C(=O)CSC2=O)cc1. The molecule has 3 aromatic rings. The van der Waals surface area contributed by atoms with Crippen molar-refractivity contribution >= 4 is 45.4 Å². The van der Waals surface area contributed by atoms with E-state index in [9.17, 15) is 19.2 Å². The molecule has 2 aromatic carbocycles. The summed E-state index contributed by atoms with van der Waals surface area (Å²) in [6, 6.07) is 13.6. The van der Waals surface area contributed by atoms with Gasteiger partial charge < -0.3 is 5.32 Å². The van der Waals surface area contributed by atoms with Gasteiger partial charge in [-0.05, 0) is 29.8 Å². The highest BCUT2D eigenvalue weighted by Crippen LogP contribution is 2.21. The Morgan fingerprint density at radius 2 is 1.83 bits per heavy atom. The van der Waals surface area contributed by atoms with Crippen molar-refractivity contribution in [1.82, 2.24) is 19.9 Å². The molecule has 0 radical (unpaired) electrons. The van der Waals surface area contributed by atoms with Crippen molar-refractivity contribution in [2.45, 2.75) is 13.1 Å². The highest BCUT2D eigenvalue weighted by molar-refractivity contribution is 8.14. The van der Waals surface area contributed by atoms with Crippen LogP contribution in [0.1, 0.15) is 5.56 Å². The number of anilines is 1. The number of carbonyl (C=O) groups excluding carboxylic acids is 3. The van der Waals surface area contributed by atoms with Crippen molar-refractivity contribution in [2.75, 3.05) is 11.1 Å². The van der Waals surface area contributed by atoms with Crippen molar-refractivity contribution in [3.63, 3.8) is 0 Å². The number of hydrogen-bond donors (Lipinski definition) is 1. The molecule has 1 aliphatic rings. The van der Waals surface area contributed by atoms with Crippen LogP contribution in [0.2, 0.25) is 0 Å². The summed E-state index contributed by atoms with van der Waals surface area (Å²) in [6.45, 7) is -0.0760. The second-order valence-corrected chi connectivity index (χ2v) is 7.28. The lowest BCUT2D eigenvalue weighted by molar-refractivity contribution is -0.125. The Bertz CT molecular complexity index is 1160. The van der Waals surface area contributed by atoms with Crippen LogP contribution in [-0.4, -0.2) is 42.7 Å². The molecule has 0 aliphatic carbocycles. The van der Waals surface area contributed by atoms with Crippen LogP contribution < -0.4 is 10.9 Å². The predicted octanol–water partition coefficient (Wildman–Crippen LogP) is 1.63. The summed E-state index contributed by atoms with van der Waals surface area (Å²) >= 11 is 0.988. The molecular weight excluding hydrogens is 394 g/mol. The van der Waals surface area contributed by atoms with Gasteiger partial charge in [0, 0.05) is 5.69 Å². The number of fused-ring (bicyclic) bond motifs is 1. The van der Waals surface area contributed by atoms with E-state index in [1.54, 1.807) is 48.5 Å². The maximum absolute atomic E-state index is 12.4. The first-order valence-electron chi connectivity index (χ1n) is 8.70. The van der Waals surface area contributed by atoms with Crippen LogP contribution in [0.15, 0.2) is 53.3 Å². The van der Waals surface area contributed by atoms with Gasteiger partial charge in [-0.3, -0.25) is 24.1 Å². The summed E-state index contributed by atoms with van der Waals surface area (Å²) in [5.41, 5.74) is 1.37. The van der Waals surface area contributed by atoms with Gasteiger partial charge in [0.15, 0.2) is 0 Å². The minimum Gasteiger partial charge on any atom is -0.324 e. The van der Waals surface area contributed by atoms with E-state index in [0.717, 1.165) is 22.0 Å². The van der Waals surface area contributed by atoms with Gasteiger partial charge in [-0.15, -0.1) is 5.10 Å². The quantitative estimate of drug-likeness (QED) is 0.681. The maximum Gasteiger partial charge on any atom is 0.289 e. The largest absolute Gasteiger partial charge is 0.324 e. The molecule has 0 unspecified atom stereocenters. The molecular formula is C19H15N5O4S. The highest BCUT2D eigenvalue weighted by atomic mass is 32.2. The zero-order chi connectivity index (χ0) is 20.4. The third-order valence-corrected chi connectivity index (χ3v) is 5.20. The molecule has 1 aromatic heterocycles. The molecule has 9 nitrogen and oxygen atoms in total. The van der Waals surface area contributed by atoms with Crippen LogP contribution >= 0.6 is 11.8 Å². The first kappa shape index (κ1) is 18.8. The van der Waals surface area contributed by atoms with Gasteiger partial charge in [-0.25, -0.2) is 4.68 Å². The molecule has 2 heterocycles. The Kier molecular flexibility index (Phi) is 5.09. The molecule has 0 bridgehead atoms. The van der Waals surface area contributed by atoms with E-state index in [2.05, 4.69) is 15.6 Å². The fraction of sp³-hybridized carbons (Fsp3) is 0.158. The molecule has 146 valence electrons. The molecule has 0 spiro atoms. The van der Waals surface area contributed by atoms with E-state index in [1.807, 2.05) is 0 Å². The third kappa shape index (κ3) is 4.02. The fourth-order valence-electron chi connectivity index (χ4n) is 2.87. The maximum atomic E-state index is 12.4. The lowest BCUT2D eigenvalue weighted by Crippen LogP contribution is -2.30. The van der Waals surface area contributed by atoms with Crippen molar-refractivity contribution in [1.29, 1.82) is 0 Å². The average molecular weight is 409 g/mol. The summed E-state index contributed by atoms with van der Waals surface area (Å²) in [6.07, 6.45) is 0. The van der Waals surface area contributed by atoms with Crippen LogP contribution in [0.4, 0.5) is 10.5 Å². The standard InChI is InChI=1S/C19H15N5O4S/c25-16(10-24-18(27)14-3-1-2-4-15(14)21-22-24)20-13-7-5-12(6-8-13)9-23-17(26)11-29-19(23)28/h1-8H,9-11H2,(H,20,25). The minimum atomic E-state index is -0.425. The summed E-state index contributed by atoms with van der Waals surface area (Å²) in [4.78, 5) is 49.2. The number of rotatable bonds is 5. The molecule has 10 heteroatoms. The van der Waals surface area contributed by atoms with Crippen molar-refractivity contribution in [2.24, 2.45) is 0 Å². The van der Waals surface area contributed by atoms with Gasteiger partial charge in [-0.1, -0.05) is 41.2 Å². The number of imide groups is 1. The second-order valence-electron chi connectivity index (χ2n) is 6.35. The van der Waals surface area contributed by atoms with Gasteiger partial charge in [-0.2, -0.15) is 0 Å². The number of carbonyl (C=O) groups is 3. The average Bonchev–Trinajstić information content (AvgIpc) is 3.04. The zero-order valence-electron chi connectivity index (χ0n) is 15.1. The Morgan fingerprint density at radius 3 is 2.55 bits per heavy atom. The number of amides is 3. The Balaban J connectivity index is 1.41. The summed E-state index contributed by atoms with van der Waals surface area (Å²) < 4.78 is 1.01. The number of aromatic nitrogens is 3. The van der Waals surface area contributed by atoms with Crippen molar-refractivity contribution in [3.05, 3.63) is 64.4 Å². The number of hydrogen-bond acceptors (Lipinski definition) is 7. The van der Waals surface area contributed by atoms with Crippen LogP contribution in [0.3, 0.4) is 0 Å². The number of benzene rings is 2. The molecule has 0 atom stereocenters. The van der Waals surface area contributed by atoms with Gasteiger partial charge in [0.25, 0.3) is 10.8 Å². The number of nitrogens with one attached hydrogen (secondary N) is 1. The van der Waals surface area contributed by atoms with E-state index >= 15 is 0 Å². The summed E-state index contributed by atoms with van der Waals surface area (Å²) in [7, 11) is 0. The normalized spacial score (nSPS) is 13.9. The van der Waals surface area contributed by atoms with Crippen molar-refractivity contribution in [3.8, 4) is 0 Å². The molecule has 1 aliphatic heterocycles. The van der Waals surface area contributed by atoms with Crippen molar-refractivity contribution < 1.29 is 14.4 Å². The monoisotopic (exact) mass is 409 g/mol. The van der Waals surface area contributed by atoms with Crippen LogP contribution in [0.5, 0.6) is 0 Å². The lowest BCUT2D eigenvalue weighted by Gasteiger charge is -2.13. The van der Waals surface area contributed by atoms with E-state index < -0.39 is 5.91 Å².